The number of anilines is 1. The van der Waals surface area contributed by atoms with Crippen molar-refractivity contribution in [3.8, 4) is 5.75 Å². The van der Waals surface area contributed by atoms with Gasteiger partial charge in [0, 0.05) is 19.1 Å². The highest BCUT2D eigenvalue weighted by Gasteiger charge is 2.41. The van der Waals surface area contributed by atoms with Gasteiger partial charge in [-0.2, -0.15) is 0 Å². The van der Waals surface area contributed by atoms with Crippen molar-refractivity contribution in [1.82, 2.24) is 9.80 Å². The molecule has 0 spiro atoms. The number of rotatable bonds is 5. The van der Waals surface area contributed by atoms with Crippen molar-refractivity contribution in [1.29, 1.82) is 0 Å². The number of para-hydroxylation sites is 2. The van der Waals surface area contributed by atoms with Crippen molar-refractivity contribution >= 4 is 23.5 Å². The minimum absolute atomic E-state index is 0.0543. The van der Waals surface area contributed by atoms with E-state index < -0.39 is 0 Å². The van der Waals surface area contributed by atoms with Gasteiger partial charge in [0.05, 0.1) is 17.9 Å². The average Bonchev–Trinajstić information content (AvgIpc) is 3.08. The van der Waals surface area contributed by atoms with Gasteiger partial charge >= 0.3 is 6.03 Å². The largest absolute Gasteiger partial charge is 0.493 e. The summed E-state index contributed by atoms with van der Waals surface area (Å²) in [5.41, 5.74) is 1.15. The lowest BCUT2D eigenvalue weighted by Crippen LogP contribution is -2.48. The van der Waals surface area contributed by atoms with Crippen LogP contribution < -0.4 is 9.64 Å². The number of amides is 4. The zero-order valence-corrected chi connectivity index (χ0v) is 17.0. The third-order valence-electron chi connectivity index (χ3n) is 5.62. The first kappa shape index (κ1) is 19.9. The minimum atomic E-state index is -0.280. The van der Waals surface area contributed by atoms with E-state index in [1.807, 2.05) is 37.3 Å². The molecule has 4 rings (SSSR count). The fourth-order valence-electron chi connectivity index (χ4n) is 4.11. The molecule has 4 amide bonds. The van der Waals surface area contributed by atoms with Crippen LogP contribution in [0.2, 0.25) is 0 Å². The van der Waals surface area contributed by atoms with E-state index in [1.165, 1.54) is 4.90 Å². The summed E-state index contributed by atoms with van der Waals surface area (Å²) in [5, 5.41) is 0. The molecular formula is C23H25N3O4. The van der Waals surface area contributed by atoms with E-state index >= 15 is 0 Å². The first-order chi connectivity index (χ1) is 14.6. The van der Waals surface area contributed by atoms with Gasteiger partial charge in [0.2, 0.25) is 0 Å². The Hall–Kier alpha value is -3.35. The quantitative estimate of drug-likeness (QED) is 0.714. The second kappa shape index (κ2) is 8.57. The average molecular weight is 407 g/mol. The number of urea groups is 1. The summed E-state index contributed by atoms with van der Waals surface area (Å²) < 4.78 is 5.59. The first-order valence-corrected chi connectivity index (χ1v) is 10.3. The van der Waals surface area contributed by atoms with Crippen LogP contribution in [0.4, 0.5) is 10.5 Å². The molecular weight excluding hydrogens is 382 g/mol. The number of hydrogen-bond donors (Lipinski definition) is 0. The molecule has 2 aromatic carbocycles. The van der Waals surface area contributed by atoms with E-state index in [4.69, 9.17) is 4.74 Å². The minimum Gasteiger partial charge on any atom is -0.493 e. The Bertz CT molecular complexity index is 938. The molecule has 2 heterocycles. The van der Waals surface area contributed by atoms with Gasteiger partial charge in [0.1, 0.15) is 12.3 Å². The summed E-state index contributed by atoms with van der Waals surface area (Å²) in [7, 11) is 0. The number of hydrogen-bond acceptors (Lipinski definition) is 4. The number of piperidine rings is 1. The van der Waals surface area contributed by atoms with E-state index in [9.17, 15) is 14.4 Å². The SMILES string of the molecule is CCOc1ccccc1C(=O)N1CCC(N2CC(=O)N(c3ccccc3)C2=O)CC1. The maximum absolute atomic E-state index is 13.0. The number of benzene rings is 2. The molecule has 0 unspecified atom stereocenters. The summed E-state index contributed by atoms with van der Waals surface area (Å²) in [4.78, 5) is 43.0. The summed E-state index contributed by atoms with van der Waals surface area (Å²) in [5.74, 6) is 0.313. The van der Waals surface area contributed by atoms with Crippen LogP contribution in [0.5, 0.6) is 5.75 Å². The zero-order chi connectivity index (χ0) is 21.1. The van der Waals surface area contributed by atoms with Crippen LogP contribution in [0, 0.1) is 0 Å². The molecule has 2 aliphatic rings. The third kappa shape index (κ3) is 3.75. The van der Waals surface area contributed by atoms with Crippen LogP contribution in [0.15, 0.2) is 54.6 Å². The van der Waals surface area contributed by atoms with Gasteiger partial charge in [0.25, 0.3) is 11.8 Å². The number of likely N-dealkylation sites (tertiary alicyclic amines) is 1. The second-order valence-corrected chi connectivity index (χ2v) is 7.43. The van der Waals surface area contributed by atoms with Gasteiger partial charge < -0.3 is 14.5 Å². The van der Waals surface area contributed by atoms with Crippen molar-refractivity contribution in [3.05, 3.63) is 60.2 Å². The predicted octanol–water partition coefficient (Wildman–Crippen LogP) is 3.16. The van der Waals surface area contributed by atoms with Gasteiger partial charge in [0.15, 0.2) is 0 Å². The third-order valence-corrected chi connectivity index (χ3v) is 5.62. The van der Waals surface area contributed by atoms with E-state index in [2.05, 4.69) is 0 Å². The van der Waals surface area contributed by atoms with E-state index in [0.717, 1.165) is 0 Å². The molecule has 0 aromatic heterocycles. The lowest BCUT2D eigenvalue weighted by molar-refractivity contribution is -0.116. The lowest BCUT2D eigenvalue weighted by atomic mass is 10.0. The van der Waals surface area contributed by atoms with Crippen LogP contribution in [0.3, 0.4) is 0 Å². The first-order valence-electron chi connectivity index (χ1n) is 10.3. The van der Waals surface area contributed by atoms with Crippen LogP contribution >= 0.6 is 0 Å². The van der Waals surface area contributed by atoms with Crippen LogP contribution in [-0.4, -0.2) is 59.9 Å². The lowest BCUT2D eigenvalue weighted by Gasteiger charge is -2.36. The molecule has 0 aliphatic carbocycles. The molecule has 2 fully saturated rings. The maximum Gasteiger partial charge on any atom is 0.332 e. The molecule has 7 nitrogen and oxygen atoms in total. The molecule has 156 valence electrons. The number of nitrogens with zero attached hydrogens (tertiary/aromatic N) is 3. The van der Waals surface area contributed by atoms with Crippen LogP contribution in [0.25, 0.3) is 0 Å². The molecule has 7 heteroatoms. The van der Waals surface area contributed by atoms with Gasteiger partial charge in [-0.1, -0.05) is 30.3 Å². The molecule has 2 aliphatic heterocycles. The molecule has 2 aromatic rings. The number of carbonyl (C=O) groups is 3. The smallest absolute Gasteiger partial charge is 0.332 e. The summed E-state index contributed by atoms with van der Waals surface area (Å²) in [6, 6.07) is 15.9. The van der Waals surface area contributed by atoms with Crippen molar-refractivity contribution in [2.75, 3.05) is 31.1 Å². The Morgan fingerprint density at radius 2 is 1.67 bits per heavy atom. The topological polar surface area (TPSA) is 70.2 Å². The maximum atomic E-state index is 13.0. The number of carbonyl (C=O) groups excluding carboxylic acids is 3. The fraction of sp³-hybridized carbons (Fsp3) is 0.348. The molecule has 0 bridgehead atoms. The highest BCUT2D eigenvalue weighted by Crippen LogP contribution is 2.27. The van der Waals surface area contributed by atoms with Gasteiger partial charge in [-0.15, -0.1) is 0 Å². The number of imide groups is 1. The zero-order valence-electron chi connectivity index (χ0n) is 17.0. The Morgan fingerprint density at radius 1 is 1.00 bits per heavy atom. The van der Waals surface area contributed by atoms with Crippen LogP contribution in [0.1, 0.15) is 30.1 Å². The summed E-state index contributed by atoms with van der Waals surface area (Å²) >= 11 is 0. The molecule has 0 N–H and O–H groups in total. The normalized spacial score (nSPS) is 17.6. The summed E-state index contributed by atoms with van der Waals surface area (Å²) in [6.07, 6.45) is 1.29. The molecule has 0 atom stereocenters. The molecule has 2 saturated heterocycles. The molecule has 0 radical (unpaired) electrons. The fourth-order valence-corrected chi connectivity index (χ4v) is 4.11. The van der Waals surface area contributed by atoms with Crippen molar-refractivity contribution in [3.63, 3.8) is 0 Å². The number of ether oxygens (including phenoxy) is 1. The van der Waals surface area contributed by atoms with Gasteiger partial charge in [-0.05, 0) is 44.0 Å². The molecule has 30 heavy (non-hydrogen) atoms. The van der Waals surface area contributed by atoms with E-state index in [1.54, 1.807) is 34.1 Å². The van der Waals surface area contributed by atoms with Crippen LogP contribution in [-0.2, 0) is 4.79 Å². The summed E-state index contributed by atoms with van der Waals surface area (Å²) in [6.45, 7) is 3.54. The highest BCUT2D eigenvalue weighted by atomic mass is 16.5. The van der Waals surface area contributed by atoms with Gasteiger partial charge in [-0.3, -0.25) is 9.59 Å². The van der Waals surface area contributed by atoms with Crippen molar-refractivity contribution in [2.45, 2.75) is 25.8 Å². The van der Waals surface area contributed by atoms with Gasteiger partial charge in [-0.25, -0.2) is 9.69 Å². The monoisotopic (exact) mass is 407 g/mol. The Labute approximate surface area is 175 Å². The van der Waals surface area contributed by atoms with Crippen molar-refractivity contribution in [2.24, 2.45) is 0 Å². The van der Waals surface area contributed by atoms with Crippen molar-refractivity contribution < 1.29 is 19.1 Å². The van der Waals surface area contributed by atoms with E-state index in [-0.39, 0.29) is 30.4 Å². The predicted molar refractivity (Wildman–Crippen MR) is 113 cm³/mol. The Balaban J connectivity index is 1.41. The molecule has 0 saturated carbocycles. The Kier molecular flexibility index (Phi) is 5.70. The highest BCUT2D eigenvalue weighted by molar-refractivity contribution is 6.19. The standard InChI is InChI=1S/C23H25N3O4/c1-2-30-20-11-7-6-10-19(20)22(28)24-14-12-17(13-15-24)25-16-21(27)26(23(25)29)18-8-4-3-5-9-18/h3-11,17H,2,12-16H2,1H3. The Morgan fingerprint density at radius 3 is 2.37 bits per heavy atom. The second-order valence-electron chi connectivity index (χ2n) is 7.43. The van der Waals surface area contributed by atoms with E-state index in [0.29, 0.717) is 49.5 Å².